The molecule has 34 heavy (non-hydrogen) atoms. The van der Waals surface area contributed by atoms with Gasteiger partial charge in [-0.2, -0.15) is 0 Å². The molecule has 2 aromatic carbocycles. The first kappa shape index (κ1) is 32.2. The van der Waals surface area contributed by atoms with E-state index in [0.717, 1.165) is 51.9 Å². The van der Waals surface area contributed by atoms with E-state index in [9.17, 15) is 4.79 Å². The van der Waals surface area contributed by atoms with Crippen molar-refractivity contribution in [2.75, 3.05) is 27.2 Å². The quantitative estimate of drug-likeness (QED) is 0.267. The summed E-state index contributed by atoms with van der Waals surface area (Å²) in [5.74, 6) is 0. The van der Waals surface area contributed by atoms with Crippen LogP contribution < -0.4 is 0 Å². The number of carbonyl (C=O) groups is 1. The van der Waals surface area contributed by atoms with E-state index in [1.807, 2.05) is 26.0 Å². The van der Waals surface area contributed by atoms with Crippen LogP contribution in [0.2, 0.25) is 0 Å². The third-order valence-corrected chi connectivity index (χ3v) is 5.49. The average Bonchev–Trinajstić information content (AvgIpc) is 2.75. The summed E-state index contributed by atoms with van der Waals surface area (Å²) in [5, 5.41) is 0. The Morgan fingerprint density at radius 3 is 1.41 bits per heavy atom. The van der Waals surface area contributed by atoms with E-state index in [-0.39, 0.29) is 37.0 Å². The first-order valence-electron chi connectivity index (χ1n) is 11.7. The van der Waals surface area contributed by atoms with Gasteiger partial charge in [-0.1, -0.05) is 60.7 Å². The lowest BCUT2D eigenvalue weighted by atomic mass is 10.2. The number of hydrogen-bond acceptors (Lipinski definition) is 5. The average molecular weight is 514 g/mol. The molecule has 5 nitrogen and oxygen atoms in total. The summed E-state index contributed by atoms with van der Waals surface area (Å²) in [6.45, 7) is 7.64. The predicted octanol–water partition coefficient (Wildman–Crippen LogP) is 6.58. The zero-order chi connectivity index (χ0) is 23.2. The molecule has 2 atom stereocenters. The summed E-state index contributed by atoms with van der Waals surface area (Å²) in [4.78, 5) is 16.7. The number of ether oxygens (including phenoxy) is 2. The highest BCUT2D eigenvalue weighted by atomic mass is 35.5. The summed E-state index contributed by atoms with van der Waals surface area (Å²) in [6, 6.07) is 20.9. The zero-order valence-corrected chi connectivity index (χ0v) is 22.7. The molecule has 2 aromatic rings. The van der Waals surface area contributed by atoms with E-state index in [4.69, 9.17) is 9.47 Å². The number of carbonyl (C=O) groups excluding carboxylic acids is 1. The molecule has 0 bridgehead atoms. The SMILES string of the molecule is CC(CCCN(C)Cc1ccccc1)OC(=O)OC(C)CCCN(C)Cc1ccccc1.Cl.Cl. The minimum Gasteiger partial charge on any atom is -0.431 e. The van der Waals surface area contributed by atoms with Gasteiger partial charge in [0.15, 0.2) is 0 Å². The first-order chi connectivity index (χ1) is 15.4. The largest absolute Gasteiger partial charge is 0.508 e. The molecule has 0 fully saturated rings. The molecule has 192 valence electrons. The highest BCUT2D eigenvalue weighted by Crippen LogP contribution is 2.10. The maximum Gasteiger partial charge on any atom is 0.508 e. The van der Waals surface area contributed by atoms with Gasteiger partial charge in [-0.3, -0.25) is 0 Å². The third-order valence-electron chi connectivity index (χ3n) is 5.49. The van der Waals surface area contributed by atoms with Gasteiger partial charge in [0.05, 0.1) is 0 Å². The second-order valence-electron chi connectivity index (χ2n) is 8.84. The second-order valence-corrected chi connectivity index (χ2v) is 8.84. The third kappa shape index (κ3) is 14.5. The smallest absolute Gasteiger partial charge is 0.431 e. The molecule has 0 aliphatic rings. The Kier molecular flexibility index (Phi) is 17.6. The minimum absolute atomic E-state index is 0. The zero-order valence-electron chi connectivity index (χ0n) is 21.0. The topological polar surface area (TPSA) is 42.0 Å². The maximum atomic E-state index is 12.1. The summed E-state index contributed by atoms with van der Waals surface area (Å²) >= 11 is 0. The number of halogens is 2. The molecule has 2 rings (SSSR count). The van der Waals surface area contributed by atoms with E-state index in [1.54, 1.807) is 0 Å². The van der Waals surface area contributed by atoms with Crippen LogP contribution in [0.5, 0.6) is 0 Å². The molecule has 0 N–H and O–H groups in total. The van der Waals surface area contributed by atoms with Gasteiger partial charge in [-0.25, -0.2) is 4.79 Å². The van der Waals surface area contributed by atoms with Crippen molar-refractivity contribution < 1.29 is 14.3 Å². The van der Waals surface area contributed by atoms with Gasteiger partial charge in [-0.15, -0.1) is 24.8 Å². The van der Waals surface area contributed by atoms with Crippen LogP contribution in [0.3, 0.4) is 0 Å². The molecule has 0 saturated carbocycles. The molecule has 7 heteroatoms. The molecular weight excluding hydrogens is 471 g/mol. The molecule has 0 spiro atoms. The molecule has 0 radical (unpaired) electrons. The molecular formula is C27H42Cl2N2O3. The lowest BCUT2D eigenvalue weighted by Gasteiger charge is -2.20. The lowest BCUT2D eigenvalue weighted by molar-refractivity contribution is 0.00203. The Morgan fingerprint density at radius 1 is 0.706 bits per heavy atom. The van der Waals surface area contributed by atoms with Crippen molar-refractivity contribution in [3.8, 4) is 0 Å². The van der Waals surface area contributed by atoms with Gasteiger partial charge in [0.2, 0.25) is 0 Å². The summed E-state index contributed by atoms with van der Waals surface area (Å²) in [6.07, 6.45) is 2.76. The van der Waals surface area contributed by atoms with Crippen molar-refractivity contribution in [1.29, 1.82) is 0 Å². The van der Waals surface area contributed by atoms with E-state index in [1.165, 1.54) is 11.1 Å². The Balaban J connectivity index is 0.00000544. The van der Waals surface area contributed by atoms with Crippen molar-refractivity contribution in [3.63, 3.8) is 0 Å². The van der Waals surface area contributed by atoms with E-state index in [2.05, 4.69) is 72.4 Å². The van der Waals surface area contributed by atoms with Crippen LogP contribution in [-0.2, 0) is 22.6 Å². The Hall–Kier alpha value is -1.79. The lowest BCUT2D eigenvalue weighted by Crippen LogP contribution is -2.24. The fourth-order valence-corrected chi connectivity index (χ4v) is 3.72. The predicted molar refractivity (Wildman–Crippen MR) is 145 cm³/mol. The Bertz CT molecular complexity index is 701. The molecule has 0 aliphatic heterocycles. The van der Waals surface area contributed by atoms with Crippen LogP contribution in [0, 0.1) is 0 Å². The van der Waals surface area contributed by atoms with Gasteiger partial charge < -0.3 is 19.3 Å². The van der Waals surface area contributed by atoms with Crippen LogP contribution in [0.15, 0.2) is 60.7 Å². The van der Waals surface area contributed by atoms with Gasteiger partial charge in [0.1, 0.15) is 12.2 Å². The second kappa shape index (κ2) is 18.5. The fraction of sp³-hybridized carbons (Fsp3) is 0.519. The molecule has 0 heterocycles. The van der Waals surface area contributed by atoms with Crippen LogP contribution in [0.1, 0.15) is 50.7 Å². The summed E-state index contributed by atoms with van der Waals surface area (Å²) in [7, 11) is 4.23. The molecule has 0 aromatic heterocycles. The minimum atomic E-state index is -0.555. The van der Waals surface area contributed by atoms with Gasteiger partial charge in [0.25, 0.3) is 0 Å². The first-order valence-corrected chi connectivity index (χ1v) is 11.7. The van der Waals surface area contributed by atoms with Crippen molar-refractivity contribution in [1.82, 2.24) is 9.80 Å². The van der Waals surface area contributed by atoms with E-state index < -0.39 is 6.16 Å². The number of nitrogens with zero attached hydrogens (tertiary/aromatic N) is 2. The van der Waals surface area contributed by atoms with Gasteiger partial charge >= 0.3 is 6.16 Å². The van der Waals surface area contributed by atoms with Crippen molar-refractivity contribution in [3.05, 3.63) is 71.8 Å². The summed E-state index contributed by atoms with van der Waals surface area (Å²) in [5.41, 5.74) is 2.62. The van der Waals surface area contributed by atoms with Crippen LogP contribution >= 0.6 is 24.8 Å². The van der Waals surface area contributed by atoms with Gasteiger partial charge in [-0.05, 0) is 77.8 Å². The molecule has 0 saturated heterocycles. The van der Waals surface area contributed by atoms with Crippen LogP contribution in [0.25, 0.3) is 0 Å². The Labute approximate surface area is 218 Å². The van der Waals surface area contributed by atoms with Crippen molar-refractivity contribution >= 4 is 31.0 Å². The normalized spacial score (nSPS) is 12.4. The maximum absolute atomic E-state index is 12.1. The highest BCUT2D eigenvalue weighted by molar-refractivity contribution is 5.85. The Morgan fingerprint density at radius 2 is 1.06 bits per heavy atom. The van der Waals surface area contributed by atoms with Crippen LogP contribution in [-0.4, -0.2) is 55.3 Å². The monoisotopic (exact) mass is 512 g/mol. The summed E-state index contributed by atoms with van der Waals surface area (Å²) < 4.78 is 10.9. The standard InChI is InChI=1S/C27H40N2O3.2ClH/c1-23(13-11-19-28(3)21-25-15-7-5-8-16-25)31-27(30)32-24(2)14-12-20-29(4)22-26-17-9-6-10-18-26;;/h5-10,15-18,23-24H,11-14,19-22H2,1-4H3;2*1H. The fourth-order valence-electron chi connectivity index (χ4n) is 3.72. The number of benzene rings is 2. The highest BCUT2D eigenvalue weighted by Gasteiger charge is 2.15. The van der Waals surface area contributed by atoms with Gasteiger partial charge in [0, 0.05) is 13.1 Å². The van der Waals surface area contributed by atoms with Crippen LogP contribution in [0.4, 0.5) is 4.79 Å². The van der Waals surface area contributed by atoms with Crippen molar-refractivity contribution in [2.24, 2.45) is 0 Å². The molecule has 0 aliphatic carbocycles. The van der Waals surface area contributed by atoms with E-state index >= 15 is 0 Å². The molecule has 0 amide bonds. The molecule has 2 unspecified atom stereocenters. The number of rotatable bonds is 14. The van der Waals surface area contributed by atoms with Crippen molar-refractivity contribution in [2.45, 2.75) is 64.8 Å². The number of hydrogen-bond donors (Lipinski definition) is 0. The van der Waals surface area contributed by atoms with E-state index in [0.29, 0.717) is 0 Å².